The molecule has 16 heavy (non-hydrogen) atoms. The van der Waals surface area contributed by atoms with E-state index in [2.05, 4.69) is 10.5 Å². The number of hydrogen-bond donors (Lipinski definition) is 1. The Bertz CT molecular complexity index is 466. The summed E-state index contributed by atoms with van der Waals surface area (Å²) in [6, 6.07) is 5.71. The van der Waals surface area contributed by atoms with Gasteiger partial charge in [0, 0.05) is 17.7 Å². The third-order valence-electron chi connectivity index (χ3n) is 1.95. The number of non-ortho nitro benzene ring substituents is 1. The third-order valence-corrected chi connectivity index (χ3v) is 1.95. The van der Waals surface area contributed by atoms with E-state index in [0.717, 1.165) is 0 Å². The van der Waals surface area contributed by atoms with Crippen LogP contribution in [0, 0.1) is 10.1 Å². The van der Waals surface area contributed by atoms with Crippen molar-refractivity contribution in [2.75, 3.05) is 6.61 Å². The van der Waals surface area contributed by atoms with Crippen molar-refractivity contribution in [3.63, 3.8) is 0 Å². The molecular weight excluding hydrogens is 214 g/mol. The van der Waals surface area contributed by atoms with Crippen molar-refractivity contribution in [1.82, 2.24) is 5.43 Å². The molecule has 1 aliphatic rings. The van der Waals surface area contributed by atoms with Crippen LogP contribution in [0.2, 0.25) is 0 Å². The van der Waals surface area contributed by atoms with E-state index in [1.807, 2.05) is 0 Å². The molecule has 7 nitrogen and oxygen atoms in total. The van der Waals surface area contributed by atoms with Crippen molar-refractivity contribution in [3.05, 3.63) is 39.9 Å². The monoisotopic (exact) mass is 221 g/mol. The number of nitro groups is 1. The summed E-state index contributed by atoms with van der Waals surface area (Å²) in [5, 5.41) is 14.1. The molecule has 0 fully saturated rings. The second-order valence-corrected chi connectivity index (χ2v) is 3.04. The molecule has 0 saturated carbocycles. The lowest BCUT2D eigenvalue weighted by Gasteiger charge is -2.13. The number of amides is 1. The topological polar surface area (TPSA) is 93.8 Å². The molecule has 1 amide bonds. The minimum atomic E-state index is -0.491. The predicted molar refractivity (Wildman–Crippen MR) is 53.7 cm³/mol. The molecule has 0 aromatic heterocycles. The van der Waals surface area contributed by atoms with E-state index in [4.69, 9.17) is 4.74 Å². The smallest absolute Gasteiger partial charge is 0.278 e. The highest BCUT2D eigenvalue weighted by Gasteiger charge is 2.15. The van der Waals surface area contributed by atoms with Gasteiger partial charge in [0.2, 0.25) is 5.90 Å². The zero-order chi connectivity index (χ0) is 11.5. The quantitative estimate of drug-likeness (QED) is 0.577. The van der Waals surface area contributed by atoms with Crippen molar-refractivity contribution in [1.29, 1.82) is 0 Å². The summed E-state index contributed by atoms with van der Waals surface area (Å²) in [6.07, 6.45) is 0. The Morgan fingerprint density at radius 2 is 2.06 bits per heavy atom. The normalized spacial score (nSPS) is 14.8. The second-order valence-electron chi connectivity index (χ2n) is 3.04. The molecule has 0 bridgehead atoms. The van der Waals surface area contributed by atoms with Gasteiger partial charge in [0.1, 0.15) is 0 Å². The molecule has 0 atom stereocenters. The fourth-order valence-electron chi connectivity index (χ4n) is 1.19. The van der Waals surface area contributed by atoms with Gasteiger partial charge >= 0.3 is 0 Å². The number of rotatable bonds is 2. The molecule has 1 aromatic rings. The maximum absolute atomic E-state index is 10.8. The number of hydrogen-bond acceptors (Lipinski definition) is 5. The first-order valence-corrected chi connectivity index (χ1v) is 4.41. The first kappa shape index (κ1) is 10.1. The average Bonchev–Trinajstić information content (AvgIpc) is 2.30. The van der Waals surface area contributed by atoms with E-state index in [1.165, 1.54) is 24.3 Å². The summed E-state index contributed by atoms with van der Waals surface area (Å²) < 4.78 is 5.04. The first-order valence-electron chi connectivity index (χ1n) is 4.41. The molecule has 2 rings (SSSR count). The van der Waals surface area contributed by atoms with Crippen molar-refractivity contribution in [2.45, 2.75) is 0 Å². The van der Waals surface area contributed by atoms with Gasteiger partial charge in [-0.1, -0.05) is 0 Å². The maximum Gasteiger partial charge on any atom is 0.278 e. The van der Waals surface area contributed by atoms with Crippen LogP contribution in [0.1, 0.15) is 5.56 Å². The average molecular weight is 221 g/mol. The van der Waals surface area contributed by atoms with E-state index in [1.54, 1.807) is 0 Å². The zero-order valence-electron chi connectivity index (χ0n) is 8.04. The number of nitrogens with zero attached hydrogens (tertiary/aromatic N) is 2. The SMILES string of the molecule is O=C1COC(c2ccc([N+](=O)[O-])cc2)=NN1. The number of carbonyl (C=O) groups excluding carboxylic acids is 1. The first-order chi connectivity index (χ1) is 7.66. The second kappa shape index (κ2) is 3.97. The number of carbonyl (C=O) groups is 1. The van der Waals surface area contributed by atoms with Gasteiger partial charge in [0.15, 0.2) is 6.61 Å². The van der Waals surface area contributed by atoms with Crippen molar-refractivity contribution in [2.24, 2.45) is 5.10 Å². The van der Waals surface area contributed by atoms with Gasteiger partial charge < -0.3 is 4.74 Å². The Hall–Kier alpha value is -2.44. The summed E-state index contributed by atoms with van der Waals surface area (Å²) in [5.41, 5.74) is 2.82. The van der Waals surface area contributed by atoms with Crippen molar-refractivity contribution in [3.8, 4) is 0 Å². The van der Waals surface area contributed by atoms with Crippen LogP contribution in [-0.2, 0) is 9.53 Å². The molecule has 1 N–H and O–H groups in total. The van der Waals surface area contributed by atoms with Crippen LogP contribution in [0.3, 0.4) is 0 Å². The number of benzene rings is 1. The molecule has 0 radical (unpaired) electrons. The van der Waals surface area contributed by atoms with E-state index in [9.17, 15) is 14.9 Å². The van der Waals surface area contributed by atoms with Crippen LogP contribution in [0.15, 0.2) is 29.4 Å². The molecule has 1 aliphatic heterocycles. The molecule has 0 saturated heterocycles. The Labute approximate surface area is 89.9 Å². The Morgan fingerprint density at radius 1 is 1.38 bits per heavy atom. The van der Waals surface area contributed by atoms with E-state index in [-0.39, 0.29) is 24.1 Å². The lowest BCUT2D eigenvalue weighted by atomic mass is 10.2. The number of nitrogens with one attached hydrogen (secondary N) is 1. The highest BCUT2D eigenvalue weighted by molar-refractivity contribution is 5.98. The fraction of sp³-hybridized carbons (Fsp3) is 0.111. The Morgan fingerprint density at radius 3 is 2.56 bits per heavy atom. The van der Waals surface area contributed by atoms with E-state index in [0.29, 0.717) is 5.56 Å². The summed E-state index contributed by atoms with van der Waals surface area (Å²) in [7, 11) is 0. The molecule has 0 unspecified atom stereocenters. The summed E-state index contributed by atoms with van der Waals surface area (Å²) in [6.45, 7) is -0.101. The van der Waals surface area contributed by atoms with Crippen LogP contribution >= 0.6 is 0 Å². The summed E-state index contributed by atoms with van der Waals surface area (Å²) in [4.78, 5) is 20.7. The van der Waals surface area contributed by atoms with Crippen LogP contribution in [0.25, 0.3) is 0 Å². The lowest BCUT2D eigenvalue weighted by Crippen LogP contribution is -2.32. The van der Waals surface area contributed by atoms with Crippen molar-refractivity contribution < 1.29 is 14.5 Å². The molecule has 0 aliphatic carbocycles. The number of hydrazone groups is 1. The summed E-state index contributed by atoms with van der Waals surface area (Å²) in [5.74, 6) is -0.0832. The van der Waals surface area contributed by atoms with E-state index >= 15 is 0 Å². The number of ether oxygens (including phenoxy) is 1. The molecule has 1 heterocycles. The van der Waals surface area contributed by atoms with Crippen LogP contribution in [0.5, 0.6) is 0 Å². The Kier molecular flexibility index (Phi) is 2.50. The summed E-state index contributed by atoms with van der Waals surface area (Å²) >= 11 is 0. The maximum atomic E-state index is 10.8. The number of nitro benzene ring substituents is 1. The molecule has 82 valence electrons. The highest BCUT2D eigenvalue weighted by Crippen LogP contribution is 2.13. The zero-order valence-corrected chi connectivity index (χ0v) is 8.04. The van der Waals surface area contributed by atoms with Gasteiger partial charge in [-0.15, -0.1) is 5.10 Å². The third kappa shape index (κ3) is 1.97. The van der Waals surface area contributed by atoms with E-state index < -0.39 is 4.92 Å². The van der Waals surface area contributed by atoms with Crippen molar-refractivity contribution >= 4 is 17.5 Å². The molecular formula is C9H7N3O4. The molecule has 1 aromatic carbocycles. The van der Waals surface area contributed by atoms with Crippen LogP contribution in [-0.4, -0.2) is 23.3 Å². The van der Waals surface area contributed by atoms with Gasteiger partial charge in [0.05, 0.1) is 4.92 Å². The molecule has 7 heteroatoms. The Balaban J connectivity index is 2.22. The van der Waals surface area contributed by atoms with Crippen LogP contribution in [0.4, 0.5) is 5.69 Å². The van der Waals surface area contributed by atoms with Gasteiger partial charge in [0.25, 0.3) is 11.6 Å². The minimum Gasteiger partial charge on any atom is -0.466 e. The van der Waals surface area contributed by atoms with Gasteiger partial charge in [-0.25, -0.2) is 5.43 Å². The highest BCUT2D eigenvalue weighted by atomic mass is 16.6. The lowest BCUT2D eigenvalue weighted by molar-refractivity contribution is -0.384. The fourth-order valence-corrected chi connectivity index (χ4v) is 1.19. The standard InChI is InChI=1S/C9H7N3O4/c13-8-5-16-9(11-10-8)6-1-3-7(4-2-6)12(14)15/h1-4H,5H2,(H,10,13). The van der Waals surface area contributed by atoms with Gasteiger partial charge in [-0.2, -0.15) is 0 Å². The largest absolute Gasteiger partial charge is 0.466 e. The van der Waals surface area contributed by atoms with Crippen LogP contribution < -0.4 is 5.43 Å². The predicted octanol–water partition coefficient (Wildman–Crippen LogP) is 0.403. The minimum absolute atomic E-state index is 0.0100. The van der Waals surface area contributed by atoms with Gasteiger partial charge in [-0.05, 0) is 12.1 Å². The molecule has 0 spiro atoms. The van der Waals surface area contributed by atoms with Gasteiger partial charge in [-0.3, -0.25) is 14.9 Å².